The summed E-state index contributed by atoms with van der Waals surface area (Å²) in [6, 6.07) is 84.9. The average Bonchev–Trinajstić information content (AvgIpc) is 3.82. The molecule has 286 valence electrons. The first-order valence-electron chi connectivity index (χ1n) is 20.9. The molecule has 0 saturated carbocycles. The quantitative estimate of drug-likeness (QED) is 0.149. The molecular formula is C58H44N2. The number of nitrogens with zero attached hydrogens (tertiary/aromatic N) is 2. The standard InChI is InChI=1S/C58H44N2/c1-57(2,41-20-7-3-8-21-41)42-34-36-46(37-35-42)59(55-33-19-30-51-50-29-16-18-32-54(50)60(56(51)55)45-26-13-6-14-27-45)47-38-39-49-48-28-15-17-31-52(48)58(53(49)40-47,43-22-9-4-10-23-43)44-24-11-5-12-25-44/h3-40H,1-2H3. The highest BCUT2D eigenvalue weighted by Crippen LogP contribution is 2.57. The van der Waals surface area contributed by atoms with E-state index in [9.17, 15) is 0 Å². The Labute approximate surface area is 352 Å². The molecule has 0 amide bonds. The van der Waals surface area contributed by atoms with E-state index in [1.54, 1.807) is 0 Å². The molecule has 0 N–H and O–H groups in total. The largest absolute Gasteiger partial charge is 0.308 e. The van der Waals surface area contributed by atoms with Crippen molar-refractivity contribution in [2.45, 2.75) is 24.7 Å². The van der Waals surface area contributed by atoms with Gasteiger partial charge < -0.3 is 9.47 Å². The van der Waals surface area contributed by atoms with E-state index in [0.717, 1.165) is 22.7 Å². The number of rotatable bonds is 8. The normalized spacial score (nSPS) is 13.0. The van der Waals surface area contributed by atoms with Gasteiger partial charge in [0.05, 0.1) is 22.1 Å². The highest BCUT2D eigenvalue weighted by molar-refractivity contribution is 6.14. The minimum absolute atomic E-state index is 0.172. The van der Waals surface area contributed by atoms with Gasteiger partial charge in [-0.25, -0.2) is 0 Å². The lowest BCUT2D eigenvalue weighted by Crippen LogP contribution is -2.28. The number of aromatic nitrogens is 1. The van der Waals surface area contributed by atoms with E-state index in [0.29, 0.717) is 0 Å². The van der Waals surface area contributed by atoms with Gasteiger partial charge in [-0.2, -0.15) is 0 Å². The predicted molar refractivity (Wildman–Crippen MR) is 251 cm³/mol. The van der Waals surface area contributed by atoms with Crippen molar-refractivity contribution in [1.29, 1.82) is 0 Å². The highest BCUT2D eigenvalue weighted by Gasteiger charge is 2.46. The lowest BCUT2D eigenvalue weighted by molar-refractivity contribution is 0.641. The van der Waals surface area contributed by atoms with Gasteiger partial charge in [-0.3, -0.25) is 0 Å². The van der Waals surface area contributed by atoms with Gasteiger partial charge in [0.1, 0.15) is 0 Å². The molecule has 1 aliphatic rings. The summed E-state index contributed by atoms with van der Waals surface area (Å²) in [5.74, 6) is 0. The first-order valence-corrected chi connectivity index (χ1v) is 20.9. The number of benzene rings is 9. The molecule has 1 aliphatic carbocycles. The van der Waals surface area contributed by atoms with Gasteiger partial charge in [-0.1, -0.05) is 196 Å². The van der Waals surface area contributed by atoms with Crippen molar-refractivity contribution < 1.29 is 0 Å². The summed E-state index contributed by atoms with van der Waals surface area (Å²) in [6.45, 7) is 4.64. The summed E-state index contributed by atoms with van der Waals surface area (Å²) in [6.07, 6.45) is 0. The van der Waals surface area contributed by atoms with Crippen LogP contribution in [-0.4, -0.2) is 4.57 Å². The Balaban J connectivity index is 1.21. The maximum atomic E-state index is 2.49. The van der Waals surface area contributed by atoms with E-state index in [-0.39, 0.29) is 5.41 Å². The van der Waals surface area contributed by atoms with E-state index in [2.05, 4.69) is 254 Å². The predicted octanol–water partition coefficient (Wildman–Crippen LogP) is 14.9. The molecule has 11 rings (SSSR count). The highest BCUT2D eigenvalue weighted by atomic mass is 15.2. The van der Waals surface area contributed by atoms with Crippen LogP contribution in [0.3, 0.4) is 0 Å². The molecule has 2 nitrogen and oxygen atoms in total. The average molecular weight is 769 g/mol. The molecule has 60 heavy (non-hydrogen) atoms. The van der Waals surface area contributed by atoms with Crippen LogP contribution in [0.2, 0.25) is 0 Å². The molecule has 10 aromatic rings. The van der Waals surface area contributed by atoms with Crippen molar-refractivity contribution in [3.05, 3.63) is 264 Å². The third-order valence-electron chi connectivity index (χ3n) is 13.0. The molecule has 0 spiro atoms. The molecule has 1 heterocycles. The number of fused-ring (bicyclic) bond motifs is 6. The van der Waals surface area contributed by atoms with E-state index < -0.39 is 5.41 Å². The van der Waals surface area contributed by atoms with Crippen LogP contribution in [0.15, 0.2) is 231 Å². The van der Waals surface area contributed by atoms with Gasteiger partial charge in [0.15, 0.2) is 0 Å². The van der Waals surface area contributed by atoms with Crippen LogP contribution in [0, 0.1) is 0 Å². The Morgan fingerprint density at radius 3 is 1.65 bits per heavy atom. The molecular weight excluding hydrogens is 725 g/mol. The zero-order chi connectivity index (χ0) is 40.3. The van der Waals surface area contributed by atoms with Crippen LogP contribution >= 0.6 is 0 Å². The summed E-state index contributed by atoms with van der Waals surface area (Å²) < 4.78 is 2.45. The lowest BCUT2D eigenvalue weighted by atomic mass is 9.67. The molecule has 0 radical (unpaired) electrons. The lowest BCUT2D eigenvalue weighted by Gasteiger charge is -2.35. The molecule has 0 aliphatic heterocycles. The number of anilines is 3. The van der Waals surface area contributed by atoms with E-state index >= 15 is 0 Å². The van der Waals surface area contributed by atoms with Gasteiger partial charge >= 0.3 is 0 Å². The monoisotopic (exact) mass is 768 g/mol. The van der Waals surface area contributed by atoms with Gasteiger partial charge in [0.25, 0.3) is 0 Å². The van der Waals surface area contributed by atoms with Crippen molar-refractivity contribution in [2.24, 2.45) is 0 Å². The smallest absolute Gasteiger partial charge is 0.0782 e. The van der Waals surface area contributed by atoms with Crippen molar-refractivity contribution in [3.8, 4) is 16.8 Å². The van der Waals surface area contributed by atoms with Crippen LogP contribution in [0.25, 0.3) is 38.6 Å². The third kappa shape index (κ3) is 5.41. The maximum Gasteiger partial charge on any atom is 0.0782 e. The fraction of sp³-hybridized carbons (Fsp3) is 0.0690. The van der Waals surface area contributed by atoms with Gasteiger partial charge in [0.2, 0.25) is 0 Å². The fourth-order valence-corrected chi connectivity index (χ4v) is 10.1. The second kappa shape index (κ2) is 14.1. The van der Waals surface area contributed by atoms with Crippen LogP contribution < -0.4 is 4.90 Å². The first-order chi connectivity index (χ1) is 29.5. The van der Waals surface area contributed by atoms with Crippen LogP contribution in [0.4, 0.5) is 17.1 Å². The second-order valence-corrected chi connectivity index (χ2v) is 16.5. The Morgan fingerprint density at radius 2 is 0.950 bits per heavy atom. The molecule has 0 unspecified atom stereocenters. The maximum absolute atomic E-state index is 2.49. The Morgan fingerprint density at radius 1 is 0.417 bits per heavy atom. The second-order valence-electron chi connectivity index (χ2n) is 16.5. The first kappa shape index (κ1) is 35.7. The minimum Gasteiger partial charge on any atom is -0.308 e. The fourth-order valence-electron chi connectivity index (χ4n) is 10.1. The molecule has 2 heteroatoms. The van der Waals surface area contributed by atoms with Crippen LogP contribution in [0.5, 0.6) is 0 Å². The zero-order valence-electron chi connectivity index (χ0n) is 33.8. The van der Waals surface area contributed by atoms with Crippen LogP contribution in [0.1, 0.15) is 47.2 Å². The Bertz CT molecular complexity index is 3110. The topological polar surface area (TPSA) is 8.17 Å². The van der Waals surface area contributed by atoms with Crippen molar-refractivity contribution in [2.75, 3.05) is 4.90 Å². The number of hydrogen-bond acceptors (Lipinski definition) is 1. The van der Waals surface area contributed by atoms with Crippen molar-refractivity contribution >= 4 is 38.9 Å². The van der Waals surface area contributed by atoms with E-state index in [1.807, 2.05) is 0 Å². The van der Waals surface area contributed by atoms with Gasteiger partial charge in [-0.15, -0.1) is 0 Å². The van der Waals surface area contributed by atoms with Gasteiger partial charge in [-0.05, 0) is 93.0 Å². The van der Waals surface area contributed by atoms with E-state index in [4.69, 9.17) is 0 Å². The molecule has 0 fully saturated rings. The molecule has 0 bridgehead atoms. The molecule has 0 atom stereocenters. The Kier molecular flexibility index (Phi) is 8.42. The van der Waals surface area contributed by atoms with Crippen LogP contribution in [-0.2, 0) is 10.8 Å². The molecule has 1 aromatic heterocycles. The third-order valence-corrected chi connectivity index (χ3v) is 13.0. The minimum atomic E-state index is -0.523. The summed E-state index contributed by atoms with van der Waals surface area (Å²) in [5, 5.41) is 2.45. The van der Waals surface area contributed by atoms with Crippen molar-refractivity contribution in [1.82, 2.24) is 4.57 Å². The van der Waals surface area contributed by atoms with E-state index in [1.165, 1.54) is 66.3 Å². The number of hydrogen-bond donors (Lipinski definition) is 0. The Hall–Kier alpha value is -7.42. The molecule has 9 aromatic carbocycles. The number of para-hydroxylation sites is 3. The van der Waals surface area contributed by atoms with Crippen molar-refractivity contribution in [3.63, 3.8) is 0 Å². The zero-order valence-corrected chi connectivity index (χ0v) is 33.8. The molecule has 0 saturated heterocycles. The summed E-state index contributed by atoms with van der Waals surface area (Å²) >= 11 is 0. The summed E-state index contributed by atoms with van der Waals surface area (Å²) in [7, 11) is 0. The SMILES string of the molecule is CC(C)(c1ccccc1)c1ccc(N(c2ccc3c(c2)C(c2ccccc2)(c2ccccc2)c2ccccc2-3)c2cccc3c4ccccc4n(-c4ccccc4)c23)cc1. The van der Waals surface area contributed by atoms with Gasteiger partial charge in [0, 0.05) is 33.2 Å². The summed E-state index contributed by atoms with van der Waals surface area (Å²) in [5.41, 5.74) is 16.3. The summed E-state index contributed by atoms with van der Waals surface area (Å²) in [4.78, 5) is 2.49.